The van der Waals surface area contributed by atoms with Gasteiger partial charge in [-0.3, -0.25) is 9.36 Å². The molecule has 36 heavy (non-hydrogen) atoms. The van der Waals surface area contributed by atoms with Crippen LogP contribution >= 0.6 is 23.4 Å². The molecule has 1 amide bonds. The van der Waals surface area contributed by atoms with Gasteiger partial charge in [-0.2, -0.15) is 0 Å². The number of nitrogens with zero attached hydrogens (tertiary/aromatic N) is 3. The van der Waals surface area contributed by atoms with Crippen molar-refractivity contribution < 1.29 is 4.79 Å². The molecule has 0 aliphatic heterocycles. The van der Waals surface area contributed by atoms with Crippen LogP contribution in [0.15, 0.2) is 78.0 Å². The normalized spacial score (nSPS) is 12.1. The number of carbonyl (C=O) groups is 1. The van der Waals surface area contributed by atoms with Crippen molar-refractivity contribution in [2.75, 3.05) is 0 Å². The third-order valence-corrected chi connectivity index (χ3v) is 7.19. The number of hydrogen-bond acceptors (Lipinski definition) is 4. The molecule has 0 saturated carbocycles. The first-order valence-electron chi connectivity index (χ1n) is 12.1. The van der Waals surface area contributed by atoms with Gasteiger partial charge < -0.3 is 5.32 Å². The average Bonchev–Trinajstić information content (AvgIpc) is 3.28. The number of aromatic nitrogens is 3. The lowest BCUT2D eigenvalue weighted by Crippen LogP contribution is -2.34. The van der Waals surface area contributed by atoms with Gasteiger partial charge in [-0.25, -0.2) is 0 Å². The maximum atomic E-state index is 12.8. The van der Waals surface area contributed by atoms with E-state index >= 15 is 0 Å². The molecule has 7 heteroatoms. The molecule has 1 heterocycles. The van der Waals surface area contributed by atoms with Crippen molar-refractivity contribution in [2.45, 2.75) is 51.1 Å². The van der Waals surface area contributed by atoms with Crippen LogP contribution in [0, 0.1) is 19.8 Å². The Balaban J connectivity index is 1.78. The maximum Gasteiger partial charge on any atom is 0.223 e. The Kier molecular flexibility index (Phi) is 8.49. The van der Waals surface area contributed by atoms with E-state index in [0.717, 1.165) is 27.7 Å². The summed E-state index contributed by atoms with van der Waals surface area (Å²) in [7, 11) is 0. The smallest absolute Gasteiger partial charge is 0.223 e. The fraction of sp³-hybridized carbons (Fsp3) is 0.276. The largest absolute Gasteiger partial charge is 0.345 e. The van der Waals surface area contributed by atoms with Gasteiger partial charge in [0, 0.05) is 16.7 Å². The molecule has 186 valence electrons. The van der Waals surface area contributed by atoms with Gasteiger partial charge in [-0.15, -0.1) is 10.2 Å². The number of hydrogen-bond donors (Lipinski definition) is 1. The van der Waals surface area contributed by atoms with Gasteiger partial charge in [0.2, 0.25) is 5.91 Å². The molecule has 1 aromatic heterocycles. The number of rotatable bonds is 9. The molecule has 0 saturated heterocycles. The highest BCUT2D eigenvalue weighted by molar-refractivity contribution is 7.98. The fourth-order valence-electron chi connectivity index (χ4n) is 4.00. The molecule has 0 aliphatic rings. The summed E-state index contributed by atoms with van der Waals surface area (Å²) >= 11 is 8.05. The van der Waals surface area contributed by atoms with Gasteiger partial charge in [0.05, 0.1) is 11.7 Å². The molecule has 1 atom stereocenters. The van der Waals surface area contributed by atoms with Crippen molar-refractivity contribution in [3.05, 3.63) is 106 Å². The Morgan fingerprint density at radius 3 is 2.44 bits per heavy atom. The minimum atomic E-state index is -0.360. The number of amides is 1. The number of aryl methyl sites for hydroxylation is 2. The Bertz CT molecular complexity index is 1340. The quantitative estimate of drug-likeness (QED) is 0.245. The summed E-state index contributed by atoms with van der Waals surface area (Å²) in [6, 6.07) is 24.0. The molecule has 5 nitrogen and oxygen atoms in total. The van der Waals surface area contributed by atoms with E-state index in [1.54, 1.807) is 11.8 Å². The third kappa shape index (κ3) is 6.37. The third-order valence-electron chi connectivity index (χ3n) is 5.96. The topological polar surface area (TPSA) is 59.8 Å². The van der Waals surface area contributed by atoms with Gasteiger partial charge in [-0.05, 0) is 49.1 Å². The van der Waals surface area contributed by atoms with Crippen LogP contribution in [0.5, 0.6) is 0 Å². The fourth-order valence-corrected chi connectivity index (χ4v) is 5.06. The molecule has 4 aromatic rings. The number of thioether (sulfide) groups is 1. The highest BCUT2D eigenvalue weighted by Gasteiger charge is 2.26. The molecule has 0 spiro atoms. The molecular formula is C29H31ClN4OS. The van der Waals surface area contributed by atoms with Crippen LogP contribution in [-0.4, -0.2) is 20.7 Å². The first-order chi connectivity index (χ1) is 17.3. The van der Waals surface area contributed by atoms with E-state index in [1.807, 2.05) is 57.2 Å². The van der Waals surface area contributed by atoms with E-state index in [-0.39, 0.29) is 17.9 Å². The van der Waals surface area contributed by atoms with Crippen molar-refractivity contribution in [2.24, 2.45) is 5.92 Å². The van der Waals surface area contributed by atoms with Crippen molar-refractivity contribution in [1.29, 1.82) is 0 Å². The van der Waals surface area contributed by atoms with Gasteiger partial charge in [-0.1, -0.05) is 103 Å². The molecule has 1 unspecified atom stereocenters. The van der Waals surface area contributed by atoms with E-state index in [0.29, 0.717) is 17.3 Å². The summed E-state index contributed by atoms with van der Waals surface area (Å²) in [5.41, 5.74) is 5.50. The SMILES string of the molecule is Cc1cccc(CSc2nnc(C(Cc3ccccc3)NC(=O)C(C)C)n2-c2cc(Cl)ccc2C)c1. The molecule has 1 N–H and O–H groups in total. The summed E-state index contributed by atoms with van der Waals surface area (Å²) in [5, 5.41) is 13.8. The standard InChI is InChI=1S/C29H31ClN4OS/c1-19(2)28(35)31-25(16-22-10-6-5-7-11-22)27-32-33-29(36-18-23-12-8-9-20(3)15-23)34(27)26-17-24(30)14-13-21(26)4/h5-15,17,19,25H,16,18H2,1-4H3,(H,31,35). The van der Waals surface area contributed by atoms with E-state index in [4.69, 9.17) is 11.6 Å². The zero-order valence-electron chi connectivity index (χ0n) is 21.0. The second-order valence-electron chi connectivity index (χ2n) is 9.29. The van der Waals surface area contributed by atoms with E-state index < -0.39 is 0 Å². The lowest BCUT2D eigenvalue weighted by Gasteiger charge is -2.22. The molecular weight excluding hydrogens is 488 g/mol. The van der Waals surface area contributed by atoms with Crippen LogP contribution in [-0.2, 0) is 17.0 Å². The van der Waals surface area contributed by atoms with Gasteiger partial charge in [0.25, 0.3) is 0 Å². The highest BCUT2D eigenvalue weighted by atomic mass is 35.5. The van der Waals surface area contributed by atoms with Gasteiger partial charge >= 0.3 is 0 Å². The monoisotopic (exact) mass is 518 g/mol. The Morgan fingerprint density at radius 2 is 1.72 bits per heavy atom. The molecule has 0 bridgehead atoms. The van der Waals surface area contributed by atoms with Crippen LogP contribution in [0.3, 0.4) is 0 Å². The average molecular weight is 519 g/mol. The number of nitrogens with one attached hydrogen (secondary N) is 1. The lowest BCUT2D eigenvalue weighted by atomic mass is 10.0. The summed E-state index contributed by atoms with van der Waals surface area (Å²) in [4.78, 5) is 12.8. The Hall–Kier alpha value is -3.09. The minimum absolute atomic E-state index is 0.0257. The lowest BCUT2D eigenvalue weighted by molar-refractivity contribution is -0.124. The molecule has 0 aliphatic carbocycles. The zero-order chi connectivity index (χ0) is 25.7. The molecule has 4 rings (SSSR count). The number of halogens is 1. The second-order valence-corrected chi connectivity index (χ2v) is 10.7. The van der Waals surface area contributed by atoms with Crippen LogP contribution in [0.1, 0.15) is 48.0 Å². The molecule has 0 radical (unpaired) electrons. The van der Waals surface area contributed by atoms with Crippen molar-refractivity contribution in [3.63, 3.8) is 0 Å². The van der Waals surface area contributed by atoms with Crippen LogP contribution in [0.2, 0.25) is 5.02 Å². The summed E-state index contributed by atoms with van der Waals surface area (Å²) in [6.07, 6.45) is 0.597. The Morgan fingerprint density at radius 1 is 0.972 bits per heavy atom. The van der Waals surface area contributed by atoms with Crippen LogP contribution in [0.4, 0.5) is 0 Å². The van der Waals surface area contributed by atoms with Crippen molar-refractivity contribution in [3.8, 4) is 5.69 Å². The highest BCUT2D eigenvalue weighted by Crippen LogP contribution is 2.31. The van der Waals surface area contributed by atoms with E-state index in [1.165, 1.54) is 11.1 Å². The number of benzene rings is 3. The zero-order valence-corrected chi connectivity index (χ0v) is 22.6. The predicted octanol–water partition coefficient (Wildman–Crippen LogP) is 6.89. The first-order valence-corrected chi connectivity index (χ1v) is 13.4. The van der Waals surface area contributed by atoms with E-state index in [2.05, 4.69) is 63.4 Å². The maximum absolute atomic E-state index is 12.8. The van der Waals surface area contributed by atoms with Crippen LogP contribution < -0.4 is 5.32 Å². The summed E-state index contributed by atoms with van der Waals surface area (Å²) in [5.74, 6) is 1.26. The van der Waals surface area contributed by atoms with Gasteiger partial charge in [0.1, 0.15) is 0 Å². The van der Waals surface area contributed by atoms with E-state index in [9.17, 15) is 4.79 Å². The minimum Gasteiger partial charge on any atom is -0.345 e. The Labute approximate surface area is 222 Å². The summed E-state index contributed by atoms with van der Waals surface area (Å²) in [6.45, 7) is 7.92. The van der Waals surface area contributed by atoms with Crippen molar-refractivity contribution in [1.82, 2.24) is 20.1 Å². The predicted molar refractivity (Wildman–Crippen MR) is 148 cm³/mol. The summed E-state index contributed by atoms with van der Waals surface area (Å²) < 4.78 is 2.05. The molecule has 3 aromatic carbocycles. The van der Waals surface area contributed by atoms with Gasteiger partial charge in [0.15, 0.2) is 11.0 Å². The van der Waals surface area contributed by atoms with Crippen molar-refractivity contribution >= 4 is 29.3 Å². The molecule has 0 fully saturated rings. The second kappa shape index (κ2) is 11.8. The number of carbonyl (C=O) groups excluding carboxylic acids is 1. The van der Waals surface area contributed by atoms with Crippen LogP contribution in [0.25, 0.3) is 5.69 Å². The first kappa shape index (κ1) is 26.0.